The Hall–Kier alpha value is -4.30. The number of likely N-dealkylation sites (N-methyl/N-ethyl adjacent to an activating group) is 1. The van der Waals surface area contributed by atoms with E-state index in [-0.39, 0.29) is 6.79 Å². The second-order valence-electron chi connectivity index (χ2n) is 9.47. The molecular formula is C29H28N4O4. The minimum atomic E-state index is 0.225. The molecule has 1 aliphatic heterocycles. The van der Waals surface area contributed by atoms with Crippen molar-refractivity contribution in [1.29, 1.82) is 0 Å². The lowest BCUT2D eigenvalue weighted by Gasteiger charge is -2.11. The van der Waals surface area contributed by atoms with Crippen LogP contribution in [0.1, 0.15) is 17.5 Å². The molecule has 2 aliphatic rings. The third-order valence-corrected chi connectivity index (χ3v) is 6.74. The van der Waals surface area contributed by atoms with E-state index >= 15 is 0 Å². The number of aromatic amines is 1. The molecule has 2 N–H and O–H groups in total. The van der Waals surface area contributed by atoms with Crippen molar-refractivity contribution in [3.8, 4) is 51.2 Å². The van der Waals surface area contributed by atoms with Crippen molar-refractivity contribution in [2.24, 2.45) is 5.16 Å². The molecule has 0 saturated heterocycles. The number of oxime groups is 1. The van der Waals surface area contributed by atoms with Crippen LogP contribution in [0.4, 0.5) is 0 Å². The Bertz CT molecular complexity index is 1470. The van der Waals surface area contributed by atoms with Crippen LogP contribution >= 0.6 is 0 Å². The van der Waals surface area contributed by atoms with Gasteiger partial charge in [0.15, 0.2) is 11.5 Å². The van der Waals surface area contributed by atoms with E-state index in [4.69, 9.17) is 19.2 Å². The highest BCUT2D eigenvalue weighted by Gasteiger charge is 2.23. The van der Waals surface area contributed by atoms with Gasteiger partial charge in [-0.05, 0) is 81.0 Å². The van der Waals surface area contributed by atoms with Crippen LogP contribution in [0, 0.1) is 0 Å². The third kappa shape index (κ3) is 4.51. The highest BCUT2D eigenvalue weighted by atomic mass is 16.7. The van der Waals surface area contributed by atoms with Crippen molar-refractivity contribution >= 4 is 5.71 Å². The first-order valence-corrected chi connectivity index (χ1v) is 12.3. The lowest BCUT2D eigenvalue weighted by Crippen LogP contribution is -2.19. The van der Waals surface area contributed by atoms with Gasteiger partial charge in [-0.2, -0.15) is 0 Å². The molecule has 8 nitrogen and oxygen atoms in total. The van der Waals surface area contributed by atoms with Crippen molar-refractivity contribution in [3.05, 3.63) is 71.8 Å². The number of H-pyrrole nitrogens is 1. The number of benzene rings is 3. The van der Waals surface area contributed by atoms with Crippen LogP contribution in [-0.4, -0.2) is 59.8 Å². The summed E-state index contributed by atoms with van der Waals surface area (Å²) in [6, 6.07) is 20.1. The van der Waals surface area contributed by atoms with Crippen LogP contribution in [0.2, 0.25) is 0 Å². The molecule has 1 aromatic heterocycles. The monoisotopic (exact) mass is 496 g/mol. The van der Waals surface area contributed by atoms with E-state index in [1.54, 1.807) is 0 Å². The summed E-state index contributed by atoms with van der Waals surface area (Å²) in [6.07, 6.45) is 1.58. The third-order valence-electron chi connectivity index (χ3n) is 6.74. The molecule has 188 valence electrons. The van der Waals surface area contributed by atoms with Gasteiger partial charge in [-0.1, -0.05) is 17.3 Å². The van der Waals surface area contributed by atoms with Crippen molar-refractivity contribution < 1.29 is 19.4 Å². The van der Waals surface area contributed by atoms with Gasteiger partial charge in [-0.15, -0.1) is 0 Å². The molecule has 3 aromatic carbocycles. The molecule has 2 heterocycles. The number of fused-ring (bicyclic) bond motifs is 2. The van der Waals surface area contributed by atoms with Crippen LogP contribution in [0.15, 0.2) is 65.8 Å². The molecule has 8 heteroatoms. The van der Waals surface area contributed by atoms with E-state index in [0.29, 0.717) is 6.61 Å². The van der Waals surface area contributed by atoms with Crippen LogP contribution in [0.5, 0.6) is 17.2 Å². The molecule has 0 spiro atoms. The van der Waals surface area contributed by atoms with Gasteiger partial charge < -0.3 is 29.3 Å². The number of imidazole rings is 1. The van der Waals surface area contributed by atoms with Gasteiger partial charge in [0.2, 0.25) is 6.79 Å². The SMILES string of the molecule is CN(C)CCOc1ccc(-c2nc(-c3ccc4c(c3)CCC4=NO)c(-c3ccc4c(c3)OCO4)[nH]2)cc1. The Kier molecular flexibility index (Phi) is 6.02. The molecular weight excluding hydrogens is 468 g/mol. The first-order valence-electron chi connectivity index (χ1n) is 12.3. The number of aryl methyl sites for hydroxylation is 1. The summed E-state index contributed by atoms with van der Waals surface area (Å²) in [6.45, 7) is 1.71. The van der Waals surface area contributed by atoms with Gasteiger partial charge in [-0.3, -0.25) is 0 Å². The summed E-state index contributed by atoms with van der Waals surface area (Å²) in [4.78, 5) is 10.7. The predicted octanol–water partition coefficient (Wildman–Crippen LogP) is 5.20. The minimum absolute atomic E-state index is 0.225. The molecule has 6 rings (SSSR count). The fraction of sp³-hybridized carbons (Fsp3) is 0.241. The zero-order valence-corrected chi connectivity index (χ0v) is 20.8. The Morgan fingerprint density at radius 3 is 2.54 bits per heavy atom. The second kappa shape index (κ2) is 9.63. The Morgan fingerprint density at radius 2 is 1.73 bits per heavy atom. The van der Waals surface area contributed by atoms with Crippen LogP contribution in [-0.2, 0) is 6.42 Å². The average Bonchev–Trinajstić information content (AvgIpc) is 3.66. The minimum Gasteiger partial charge on any atom is -0.492 e. The molecule has 0 amide bonds. The quantitative estimate of drug-likeness (QED) is 0.270. The maximum absolute atomic E-state index is 9.33. The Morgan fingerprint density at radius 1 is 0.946 bits per heavy atom. The molecule has 0 unspecified atom stereocenters. The van der Waals surface area contributed by atoms with Gasteiger partial charge in [0.1, 0.15) is 18.2 Å². The number of ether oxygens (including phenoxy) is 3. The standard InChI is InChI=1S/C29H28N4O4/c1-33(2)13-14-35-22-8-3-18(4-9-22)29-30-27(20-5-10-23-19(15-20)6-11-24(23)32-34)28(31-29)21-7-12-25-26(16-21)37-17-36-25/h3-5,7-10,12,15-16,34H,6,11,13-14,17H2,1-2H3,(H,30,31). The molecule has 37 heavy (non-hydrogen) atoms. The normalized spacial score (nSPS) is 14.9. The highest BCUT2D eigenvalue weighted by molar-refractivity contribution is 6.04. The molecule has 0 atom stereocenters. The summed E-state index contributed by atoms with van der Waals surface area (Å²) in [5.74, 6) is 3.05. The predicted molar refractivity (Wildman–Crippen MR) is 142 cm³/mol. The maximum Gasteiger partial charge on any atom is 0.231 e. The lowest BCUT2D eigenvalue weighted by molar-refractivity contribution is 0.174. The number of nitrogens with one attached hydrogen (secondary N) is 1. The van der Waals surface area contributed by atoms with Crippen LogP contribution in [0.3, 0.4) is 0 Å². The van der Waals surface area contributed by atoms with Gasteiger partial charge in [0.05, 0.1) is 17.1 Å². The molecule has 0 radical (unpaired) electrons. The zero-order valence-electron chi connectivity index (χ0n) is 20.8. The summed E-state index contributed by atoms with van der Waals surface area (Å²) in [7, 11) is 4.05. The second-order valence-corrected chi connectivity index (χ2v) is 9.47. The lowest BCUT2D eigenvalue weighted by atomic mass is 10.0. The number of hydrogen-bond acceptors (Lipinski definition) is 7. The summed E-state index contributed by atoms with van der Waals surface area (Å²) < 4.78 is 17.0. The van der Waals surface area contributed by atoms with Gasteiger partial charge in [0.25, 0.3) is 0 Å². The van der Waals surface area contributed by atoms with Crippen LogP contribution < -0.4 is 14.2 Å². The first kappa shape index (κ1) is 23.1. The molecule has 1 aliphatic carbocycles. The van der Waals surface area contributed by atoms with Gasteiger partial charge in [0, 0.05) is 28.8 Å². The van der Waals surface area contributed by atoms with E-state index in [0.717, 1.165) is 87.4 Å². The van der Waals surface area contributed by atoms with E-state index in [1.807, 2.05) is 68.7 Å². The van der Waals surface area contributed by atoms with Crippen molar-refractivity contribution in [1.82, 2.24) is 14.9 Å². The largest absolute Gasteiger partial charge is 0.492 e. The molecule has 0 saturated carbocycles. The smallest absolute Gasteiger partial charge is 0.231 e. The van der Waals surface area contributed by atoms with Gasteiger partial charge >= 0.3 is 0 Å². The van der Waals surface area contributed by atoms with Crippen molar-refractivity contribution in [2.75, 3.05) is 34.0 Å². The zero-order chi connectivity index (χ0) is 25.4. The molecule has 0 bridgehead atoms. The highest BCUT2D eigenvalue weighted by Crippen LogP contribution is 2.40. The Labute approximate surface area is 215 Å². The number of rotatable bonds is 7. The number of hydrogen-bond donors (Lipinski definition) is 2. The number of aromatic nitrogens is 2. The topological polar surface area (TPSA) is 92.2 Å². The van der Waals surface area contributed by atoms with E-state index in [2.05, 4.69) is 21.1 Å². The summed E-state index contributed by atoms with van der Waals surface area (Å²) in [5.41, 5.74) is 7.54. The van der Waals surface area contributed by atoms with Crippen molar-refractivity contribution in [2.45, 2.75) is 12.8 Å². The Balaban J connectivity index is 1.38. The van der Waals surface area contributed by atoms with E-state index in [1.165, 1.54) is 0 Å². The fourth-order valence-electron chi connectivity index (χ4n) is 4.76. The number of nitrogens with zero attached hydrogens (tertiary/aromatic N) is 3. The summed E-state index contributed by atoms with van der Waals surface area (Å²) >= 11 is 0. The fourth-order valence-corrected chi connectivity index (χ4v) is 4.76. The average molecular weight is 497 g/mol. The molecule has 0 fully saturated rings. The first-order chi connectivity index (χ1) is 18.1. The van der Waals surface area contributed by atoms with E-state index in [9.17, 15) is 5.21 Å². The van der Waals surface area contributed by atoms with Crippen molar-refractivity contribution in [3.63, 3.8) is 0 Å². The van der Waals surface area contributed by atoms with E-state index < -0.39 is 0 Å². The summed E-state index contributed by atoms with van der Waals surface area (Å²) in [5, 5.41) is 12.8. The maximum atomic E-state index is 9.33. The van der Waals surface area contributed by atoms with Crippen LogP contribution in [0.25, 0.3) is 33.9 Å². The van der Waals surface area contributed by atoms with Gasteiger partial charge in [-0.25, -0.2) is 4.98 Å². The molecule has 4 aromatic rings.